The van der Waals surface area contributed by atoms with Crippen LogP contribution in [0.5, 0.6) is 0 Å². The van der Waals surface area contributed by atoms with Gasteiger partial charge in [0.2, 0.25) is 0 Å². The molecular formula is C8H9ClN4. The number of nitrogens with zero attached hydrogens (tertiary/aromatic N) is 3. The fourth-order valence-electron chi connectivity index (χ4n) is 1.35. The highest BCUT2D eigenvalue weighted by molar-refractivity contribution is 6.32. The maximum Gasteiger partial charge on any atom is 0.134 e. The summed E-state index contributed by atoms with van der Waals surface area (Å²) in [6.07, 6.45) is 3.53. The van der Waals surface area contributed by atoms with Crippen LogP contribution in [0.25, 0.3) is 11.1 Å². The van der Waals surface area contributed by atoms with Gasteiger partial charge in [0.05, 0.1) is 11.9 Å². The summed E-state index contributed by atoms with van der Waals surface area (Å²) in [6, 6.07) is 0. The van der Waals surface area contributed by atoms with Gasteiger partial charge < -0.3 is 0 Å². The second-order valence-corrected chi connectivity index (χ2v) is 3.22. The van der Waals surface area contributed by atoms with Crippen LogP contribution in [0.1, 0.15) is 5.69 Å². The van der Waals surface area contributed by atoms with E-state index in [1.54, 1.807) is 17.1 Å². The number of hydrogen-bond acceptors (Lipinski definition) is 2. The van der Waals surface area contributed by atoms with Gasteiger partial charge >= 0.3 is 0 Å². The summed E-state index contributed by atoms with van der Waals surface area (Å²) in [7, 11) is 1.82. The van der Waals surface area contributed by atoms with Gasteiger partial charge in [-0.3, -0.25) is 9.78 Å². The molecule has 5 heteroatoms. The topological polar surface area (TPSA) is 46.5 Å². The first-order valence-electron chi connectivity index (χ1n) is 3.88. The largest absolute Gasteiger partial charge is 0.285 e. The van der Waals surface area contributed by atoms with Crippen LogP contribution in [-0.4, -0.2) is 20.0 Å². The third-order valence-electron chi connectivity index (χ3n) is 1.94. The third-order valence-corrected chi connectivity index (χ3v) is 2.37. The Hall–Kier alpha value is -1.29. The van der Waals surface area contributed by atoms with Crippen LogP contribution in [0.4, 0.5) is 0 Å². The van der Waals surface area contributed by atoms with E-state index in [4.69, 9.17) is 11.6 Å². The summed E-state index contributed by atoms with van der Waals surface area (Å²) >= 11 is 6.06. The Labute approximate surface area is 80.5 Å². The highest BCUT2D eigenvalue weighted by atomic mass is 35.5. The van der Waals surface area contributed by atoms with E-state index in [1.807, 2.05) is 14.0 Å². The zero-order valence-corrected chi connectivity index (χ0v) is 8.13. The van der Waals surface area contributed by atoms with Crippen molar-refractivity contribution < 1.29 is 0 Å². The van der Waals surface area contributed by atoms with E-state index in [0.717, 1.165) is 16.8 Å². The lowest BCUT2D eigenvalue weighted by atomic mass is 10.1. The third kappa shape index (κ3) is 1.23. The number of aromatic amines is 1. The van der Waals surface area contributed by atoms with Gasteiger partial charge in [-0.05, 0) is 6.92 Å². The zero-order chi connectivity index (χ0) is 9.42. The molecule has 0 saturated heterocycles. The summed E-state index contributed by atoms with van der Waals surface area (Å²) < 4.78 is 1.65. The lowest BCUT2D eigenvalue weighted by Crippen LogP contribution is -1.88. The number of aryl methyl sites for hydroxylation is 2. The Bertz CT molecular complexity index is 416. The minimum Gasteiger partial charge on any atom is -0.285 e. The standard InChI is InChI=1S/C8H9ClN4/c1-5-7(6-3-10-11-4-6)8(9)13(2)12-5/h3-4H,1-2H3,(H,10,11). The van der Waals surface area contributed by atoms with E-state index in [9.17, 15) is 0 Å². The highest BCUT2D eigenvalue weighted by Crippen LogP contribution is 2.29. The predicted molar refractivity (Wildman–Crippen MR) is 50.5 cm³/mol. The lowest BCUT2D eigenvalue weighted by molar-refractivity contribution is 0.757. The minimum absolute atomic E-state index is 0.638. The van der Waals surface area contributed by atoms with Gasteiger partial charge in [0.1, 0.15) is 5.15 Å². The summed E-state index contributed by atoms with van der Waals surface area (Å²) in [5.74, 6) is 0. The molecule has 0 atom stereocenters. The average molecular weight is 197 g/mol. The van der Waals surface area contributed by atoms with Crippen LogP contribution in [0.2, 0.25) is 5.15 Å². The van der Waals surface area contributed by atoms with Crippen molar-refractivity contribution in [1.82, 2.24) is 20.0 Å². The maximum atomic E-state index is 6.06. The van der Waals surface area contributed by atoms with E-state index < -0.39 is 0 Å². The van der Waals surface area contributed by atoms with E-state index in [0.29, 0.717) is 5.15 Å². The zero-order valence-electron chi connectivity index (χ0n) is 7.37. The molecule has 1 N–H and O–H groups in total. The molecule has 0 bridgehead atoms. The number of nitrogens with one attached hydrogen (secondary N) is 1. The van der Waals surface area contributed by atoms with E-state index >= 15 is 0 Å². The molecule has 0 aliphatic carbocycles. The molecule has 0 radical (unpaired) electrons. The second-order valence-electron chi connectivity index (χ2n) is 2.86. The fourth-order valence-corrected chi connectivity index (χ4v) is 1.63. The van der Waals surface area contributed by atoms with Crippen molar-refractivity contribution in [1.29, 1.82) is 0 Å². The van der Waals surface area contributed by atoms with Gasteiger partial charge in [0, 0.05) is 24.4 Å². The molecule has 13 heavy (non-hydrogen) atoms. The van der Waals surface area contributed by atoms with Crippen molar-refractivity contribution >= 4 is 11.6 Å². The Morgan fingerprint density at radius 1 is 1.54 bits per heavy atom. The van der Waals surface area contributed by atoms with Crippen LogP contribution in [0, 0.1) is 6.92 Å². The first-order chi connectivity index (χ1) is 6.20. The van der Waals surface area contributed by atoms with Gasteiger partial charge in [-0.15, -0.1) is 0 Å². The molecule has 2 aromatic rings. The van der Waals surface area contributed by atoms with Crippen LogP contribution >= 0.6 is 11.6 Å². The second kappa shape index (κ2) is 2.88. The molecule has 0 saturated carbocycles. The molecule has 0 aromatic carbocycles. The minimum atomic E-state index is 0.638. The lowest BCUT2D eigenvalue weighted by Gasteiger charge is -1.94. The molecule has 0 spiro atoms. The number of aromatic nitrogens is 4. The predicted octanol–water partition coefficient (Wildman–Crippen LogP) is 1.77. The van der Waals surface area contributed by atoms with Crippen molar-refractivity contribution in [2.45, 2.75) is 6.92 Å². The van der Waals surface area contributed by atoms with Crippen LogP contribution in [-0.2, 0) is 7.05 Å². The summed E-state index contributed by atoms with van der Waals surface area (Å²) in [5.41, 5.74) is 2.82. The van der Waals surface area contributed by atoms with E-state index in [-0.39, 0.29) is 0 Å². The Balaban J connectivity index is 2.64. The van der Waals surface area contributed by atoms with Crippen molar-refractivity contribution in [3.8, 4) is 11.1 Å². The molecule has 0 aliphatic rings. The van der Waals surface area contributed by atoms with Crippen molar-refractivity contribution in [3.63, 3.8) is 0 Å². The van der Waals surface area contributed by atoms with Gasteiger partial charge in [0.15, 0.2) is 0 Å². The molecule has 2 rings (SSSR count). The van der Waals surface area contributed by atoms with Gasteiger partial charge in [0.25, 0.3) is 0 Å². The molecule has 0 unspecified atom stereocenters. The number of halogens is 1. The average Bonchev–Trinajstić information content (AvgIpc) is 2.63. The quantitative estimate of drug-likeness (QED) is 0.756. The molecule has 0 aliphatic heterocycles. The fraction of sp³-hybridized carbons (Fsp3) is 0.250. The summed E-state index contributed by atoms with van der Waals surface area (Å²) in [5, 5.41) is 11.5. The van der Waals surface area contributed by atoms with Crippen LogP contribution in [0.3, 0.4) is 0 Å². The van der Waals surface area contributed by atoms with Gasteiger partial charge in [-0.1, -0.05) is 11.6 Å². The van der Waals surface area contributed by atoms with Crippen molar-refractivity contribution in [2.24, 2.45) is 7.05 Å². The Morgan fingerprint density at radius 3 is 2.77 bits per heavy atom. The van der Waals surface area contributed by atoms with Crippen molar-refractivity contribution in [3.05, 3.63) is 23.2 Å². The molecule has 2 aromatic heterocycles. The summed E-state index contributed by atoms with van der Waals surface area (Å²) in [6.45, 7) is 1.92. The van der Waals surface area contributed by atoms with Crippen LogP contribution in [0.15, 0.2) is 12.4 Å². The molecule has 2 heterocycles. The van der Waals surface area contributed by atoms with E-state index in [2.05, 4.69) is 15.3 Å². The molecule has 0 fully saturated rings. The normalized spacial score (nSPS) is 10.7. The first kappa shape index (κ1) is 8.31. The monoisotopic (exact) mass is 196 g/mol. The van der Waals surface area contributed by atoms with Crippen molar-refractivity contribution in [2.75, 3.05) is 0 Å². The maximum absolute atomic E-state index is 6.06. The molecular weight excluding hydrogens is 188 g/mol. The Kier molecular flexibility index (Phi) is 1.84. The first-order valence-corrected chi connectivity index (χ1v) is 4.26. The van der Waals surface area contributed by atoms with Gasteiger partial charge in [-0.2, -0.15) is 10.2 Å². The molecule has 4 nitrogen and oxygen atoms in total. The number of hydrogen-bond donors (Lipinski definition) is 1. The molecule has 0 amide bonds. The smallest absolute Gasteiger partial charge is 0.134 e. The highest BCUT2D eigenvalue weighted by Gasteiger charge is 2.13. The Morgan fingerprint density at radius 2 is 2.31 bits per heavy atom. The SMILES string of the molecule is Cc1nn(C)c(Cl)c1-c1cn[nH]c1. The van der Waals surface area contributed by atoms with Crippen LogP contribution < -0.4 is 0 Å². The number of H-pyrrole nitrogens is 1. The van der Waals surface area contributed by atoms with E-state index in [1.165, 1.54) is 0 Å². The number of rotatable bonds is 1. The van der Waals surface area contributed by atoms with Gasteiger partial charge in [-0.25, -0.2) is 0 Å². The molecule has 68 valence electrons. The summed E-state index contributed by atoms with van der Waals surface area (Å²) in [4.78, 5) is 0.